The molecule has 2 aliphatic rings. The van der Waals surface area contributed by atoms with Gasteiger partial charge in [-0.2, -0.15) is 0 Å². The van der Waals surface area contributed by atoms with Crippen molar-refractivity contribution in [2.45, 2.75) is 25.4 Å². The standard InChI is InChI=1S/C22H27N3O2.CH2O2/c26-22(20-6-3-5-19(15-20)18-7-9-23-10-8-18)25-13-4-14-27-21(17-25)16-24-11-1-2-12-24;2-1-3/h3,5-10,15,21H,1-2,4,11-14,16-17H2;1H,(H,2,3). The minimum Gasteiger partial charge on any atom is -0.483 e. The molecule has 4 rings (SSSR count). The van der Waals surface area contributed by atoms with E-state index in [0.29, 0.717) is 6.54 Å². The van der Waals surface area contributed by atoms with Crippen LogP contribution in [-0.4, -0.2) is 77.7 Å². The fraction of sp³-hybridized carbons (Fsp3) is 0.435. The summed E-state index contributed by atoms with van der Waals surface area (Å²) in [7, 11) is 0. The van der Waals surface area contributed by atoms with Crippen LogP contribution >= 0.6 is 0 Å². The van der Waals surface area contributed by atoms with Crippen LogP contribution in [0, 0.1) is 0 Å². The van der Waals surface area contributed by atoms with Crippen LogP contribution in [0.3, 0.4) is 0 Å². The van der Waals surface area contributed by atoms with Crippen LogP contribution in [0.25, 0.3) is 11.1 Å². The summed E-state index contributed by atoms with van der Waals surface area (Å²) in [6.07, 6.45) is 7.11. The summed E-state index contributed by atoms with van der Waals surface area (Å²) in [5.74, 6) is 0.0998. The maximum atomic E-state index is 13.2. The highest BCUT2D eigenvalue weighted by Gasteiger charge is 2.26. The highest BCUT2D eigenvalue weighted by molar-refractivity contribution is 5.95. The minimum atomic E-state index is -0.250. The molecule has 0 saturated carbocycles. The van der Waals surface area contributed by atoms with E-state index in [1.807, 2.05) is 41.3 Å². The molecule has 0 radical (unpaired) electrons. The summed E-state index contributed by atoms with van der Waals surface area (Å²) < 4.78 is 6.03. The van der Waals surface area contributed by atoms with Crippen LogP contribution in [0.15, 0.2) is 48.8 Å². The Kier molecular flexibility index (Phi) is 8.35. The van der Waals surface area contributed by atoms with Crippen molar-refractivity contribution in [3.05, 3.63) is 54.4 Å². The Bertz CT molecular complexity index is 809. The SMILES string of the molecule is O=C(c1cccc(-c2ccncc2)c1)N1CCCOC(CN2CCCC2)C1.O=CO. The van der Waals surface area contributed by atoms with Crippen LogP contribution in [0.4, 0.5) is 0 Å². The summed E-state index contributed by atoms with van der Waals surface area (Å²) in [6, 6.07) is 11.8. The van der Waals surface area contributed by atoms with E-state index >= 15 is 0 Å². The van der Waals surface area contributed by atoms with Crippen LogP contribution in [0.5, 0.6) is 0 Å². The van der Waals surface area contributed by atoms with Crippen molar-refractivity contribution < 1.29 is 19.4 Å². The van der Waals surface area contributed by atoms with Gasteiger partial charge in [-0.3, -0.25) is 14.6 Å². The third-order valence-corrected chi connectivity index (χ3v) is 5.42. The van der Waals surface area contributed by atoms with Crippen LogP contribution < -0.4 is 0 Å². The Morgan fingerprint density at radius 3 is 2.57 bits per heavy atom. The molecule has 1 aromatic heterocycles. The number of rotatable bonds is 4. The molecule has 0 spiro atoms. The van der Waals surface area contributed by atoms with E-state index in [2.05, 4.69) is 9.88 Å². The zero-order valence-electron chi connectivity index (χ0n) is 17.2. The number of ether oxygens (including phenoxy) is 1. The molecule has 2 saturated heterocycles. The molecule has 2 aromatic rings. The molecule has 30 heavy (non-hydrogen) atoms. The van der Waals surface area contributed by atoms with Crippen LogP contribution in [0.2, 0.25) is 0 Å². The lowest BCUT2D eigenvalue weighted by molar-refractivity contribution is -0.122. The van der Waals surface area contributed by atoms with Gasteiger partial charge in [-0.1, -0.05) is 12.1 Å². The number of likely N-dealkylation sites (tertiary alicyclic amines) is 1. The van der Waals surface area contributed by atoms with Crippen molar-refractivity contribution in [3.8, 4) is 11.1 Å². The first-order valence-electron chi connectivity index (χ1n) is 10.4. The highest BCUT2D eigenvalue weighted by atomic mass is 16.5. The molecule has 3 heterocycles. The van der Waals surface area contributed by atoms with E-state index in [0.717, 1.165) is 55.9 Å². The van der Waals surface area contributed by atoms with E-state index < -0.39 is 0 Å². The zero-order valence-corrected chi connectivity index (χ0v) is 17.2. The predicted octanol–water partition coefficient (Wildman–Crippen LogP) is 2.78. The molecule has 1 unspecified atom stereocenters. The summed E-state index contributed by atoms with van der Waals surface area (Å²) in [6.45, 7) is 5.16. The van der Waals surface area contributed by atoms with Crippen molar-refractivity contribution in [1.29, 1.82) is 0 Å². The van der Waals surface area contributed by atoms with Gasteiger partial charge in [0.1, 0.15) is 0 Å². The van der Waals surface area contributed by atoms with Crippen molar-refractivity contribution >= 4 is 12.4 Å². The second-order valence-corrected chi connectivity index (χ2v) is 7.53. The van der Waals surface area contributed by atoms with Crippen molar-refractivity contribution in [2.24, 2.45) is 0 Å². The van der Waals surface area contributed by atoms with Gasteiger partial charge >= 0.3 is 0 Å². The Labute approximate surface area is 177 Å². The van der Waals surface area contributed by atoms with E-state index in [9.17, 15) is 4.79 Å². The molecule has 0 aliphatic carbocycles. The number of pyridine rings is 1. The van der Waals surface area contributed by atoms with E-state index in [4.69, 9.17) is 14.6 Å². The van der Waals surface area contributed by atoms with Crippen molar-refractivity contribution in [2.75, 3.05) is 39.3 Å². The second-order valence-electron chi connectivity index (χ2n) is 7.53. The van der Waals surface area contributed by atoms with Gasteiger partial charge in [-0.25, -0.2) is 0 Å². The Morgan fingerprint density at radius 1 is 1.10 bits per heavy atom. The molecular formula is C23H29N3O4. The van der Waals surface area contributed by atoms with Gasteiger partial charge in [0, 0.05) is 44.2 Å². The third kappa shape index (κ3) is 6.11. The third-order valence-electron chi connectivity index (χ3n) is 5.42. The first-order chi connectivity index (χ1) is 14.7. The quantitative estimate of drug-likeness (QED) is 0.779. The normalized spacial score (nSPS) is 19.5. The molecule has 0 bridgehead atoms. The molecule has 1 N–H and O–H groups in total. The highest BCUT2D eigenvalue weighted by Crippen LogP contribution is 2.21. The van der Waals surface area contributed by atoms with E-state index in [-0.39, 0.29) is 18.5 Å². The Morgan fingerprint density at radius 2 is 1.83 bits per heavy atom. The van der Waals surface area contributed by atoms with Gasteiger partial charge in [0.15, 0.2) is 0 Å². The van der Waals surface area contributed by atoms with Gasteiger partial charge < -0.3 is 19.6 Å². The Hall–Kier alpha value is -2.77. The lowest BCUT2D eigenvalue weighted by atomic mass is 10.0. The average Bonchev–Trinajstić information content (AvgIpc) is 3.18. The summed E-state index contributed by atoms with van der Waals surface area (Å²) >= 11 is 0. The molecule has 160 valence electrons. The maximum Gasteiger partial charge on any atom is 0.290 e. The fourth-order valence-corrected chi connectivity index (χ4v) is 4.00. The topological polar surface area (TPSA) is 83.0 Å². The monoisotopic (exact) mass is 411 g/mol. The molecule has 7 nitrogen and oxygen atoms in total. The minimum absolute atomic E-state index is 0.0998. The number of hydrogen-bond donors (Lipinski definition) is 1. The second kappa shape index (κ2) is 11.4. The predicted molar refractivity (Wildman–Crippen MR) is 114 cm³/mol. The molecule has 1 amide bonds. The summed E-state index contributed by atoms with van der Waals surface area (Å²) in [5.41, 5.74) is 2.86. The first-order valence-corrected chi connectivity index (χ1v) is 10.4. The number of benzene rings is 1. The van der Waals surface area contributed by atoms with Gasteiger partial charge in [0.05, 0.1) is 6.10 Å². The smallest absolute Gasteiger partial charge is 0.290 e. The lowest BCUT2D eigenvalue weighted by Crippen LogP contribution is -2.41. The first kappa shape index (κ1) is 21.9. The molecule has 2 fully saturated rings. The van der Waals surface area contributed by atoms with Gasteiger partial charge in [0.2, 0.25) is 0 Å². The number of hydrogen-bond acceptors (Lipinski definition) is 5. The number of carbonyl (C=O) groups excluding carboxylic acids is 1. The molecule has 2 aliphatic heterocycles. The zero-order chi connectivity index (χ0) is 21.2. The van der Waals surface area contributed by atoms with Crippen LogP contribution in [-0.2, 0) is 9.53 Å². The number of carboxylic acid groups (broad SMARTS) is 1. The summed E-state index contributed by atoms with van der Waals surface area (Å²) in [5, 5.41) is 6.89. The van der Waals surface area contributed by atoms with Crippen molar-refractivity contribution in [1.82, 2.24) is 14.8 Å². The summed E-state index contributed by atoms with van der Waals surface area (Å²) in [4.78, 5) is 30.0. The van der Waals surface area contributed by atoms with Crippen LogP contribution in [0.1, 0.15) is 29.6 Å². The number of aromatic nitrogens is 1. The molecule has 1 aromatic carbocycles. The molecular weight excluding hydrogens is 382 g/mol. The number of carbonyl (C=O) groups is 2. The Balaban J connectivity index is 0.000000806. The average molecular weight is 412 g/mol. The largest absolute Gasteiger partial charge is 0.483 e. The lowest BCUT2D eigenvalue weighted by Gasteiger charge is -2.27. The number of nitrogens with zero attached hydrogens (tertiary/aromatic N) is 3. The molecule has 7 heteroatoms. The van der Waals surface area contributed by atoms with Gasteiger partial charge in [-0.15, -0.1) is 0 Å². The van der Waals surface area contributed by atoms with E-state index in [1.165, 1.54) is 12.8 Å². The molecule has 1 atom stereocenters. The van der Waals surface area contributed by atoms with E-state index in [1.54, 1.807) is 12.4 Å². The van der Waals surface area contributed by atoms with Gasteiger partial charge in [-0.05, 0) is 67.7 Å². The van der Waals surface area contributed by atoms with Gasteiger partial charge in [0.25, 0.3) is 12.4 Å². The van der Waals surface area contributed by atoms with Crippen molar-refractivity contribution in [3.63, 3.8) is 0 Å². The number of amides is 1. The maximum absolute atomic E-state index is 13.2. The fourth-order valence-electron chi connectivity index (χ4n) is 4.00.